The van der Waals surface area contributed by atoms with Gasteiger partial charge in [-0.25, -0.2) is 0 Å². The van der Waals surface area contributed by atoms with Gasteiger partial charge in [0.15, 0.2) is 0 Å². The van der Waals surface area contributed by atoms with Crippen LogP contribution in [0.4, 0.5) is 5.69 Å². The summed E-state index contributed by atoms with van der Waals surface area (Å²) in [6.07, 6.45) is 6.64. The highest BCUT2D eigenvalue weighted by molar-refractivity contribution is 5.52. The van der Waals surface area contributed by atoms with Gasteiger partial charge < -0.3 is 10.2 Å². The molecule has 0 spiro atoms. The fourth-order valence-electron chi connectivity index (χ4n) is 4.15. The average Bonchev–Trinajstić information content (AvgIpc) is 2.76. The third kappa shape index (κ3) is 3.11. The van der Waals surface area contributed by atoms with Crippen LogP contribution in [0.5, 0.6) is 0 Å². The molecule has 2 aliphatic heterocycles. The van der Waals surface area contributed by atoms with Gasteiger partial charge in [-0.1, -0.05) is 32.9 Å². The molecule has 2 atom stereocenters. The van der Waals surface area contributed by atoms with E-state index in [2.05, 4.69) is 55.3 Å². The highest BCUT2D eigenvalue weighted by atomic mass is 15.2. The van der Waals surface area contributed by atoms with Crippen molar-refractivity contribution in [2.75, 3.05) is 11.4 Å². The van der Waals surface area contributed by atoms with Crippen molar-refractivity contribution in [3.63, 3.8) is 0 Å². The Labute approximate surface area is 129 Å². The van der Waals surface area contributed by atoms with E-state index >= 15 is 0 Å². The quantitative estimate of drug-likeness (QED) is 0.867. The van der Waals surface area contributed by atoms with Gasteiger partial charge in [-0.2, -0.15) is 0 Å². The number of hydrogen-bond acceptors (Lipinski definition) is 2. The standard InChI is InChI=1S/C19H30N2/c1-4-11-20-16-12-18-9-10-19(13-16)21(18)17-7-5-15(6-8-17)14(2)3/h5-8,14,16,18-20H,4,9-13H2,1-3H3. The molecule has 2 fully saturated rings. The van der Waals surface area contributed by atoms with E-state index in [1.165, 1.54) is 49.9 Å². The fraction of sp³-hybridized carbons (Fsp3) is 0.684. The van der Waals surface area contributed by atoms with E-state index < -0.39 is 0 Å². The molecule has 0 aliphatic carbocycles. The Morgan fingerprint density at radius 3 is 2.24 bits per heavy atom. The average molecular weight is 286 g/mol. The number of fused-ring (bicyclic) bond motifs is 2. The SMILES string of the molecule is CCCNC1CC2CCC(C1)N2c1ccc(C(C)C)cc1. The maximum Gasteiger partial charge on any atom is 0.0371 e. The van der Waals surface area contributed by atoms with Crippen molar-refractivity contribution in [2.24, 2.45) is 0 Å². The van der Waals surface area contributed by atoms with Crippen LogP contribution in [0.3, 0.4) is 0 Å². The molecule has 0 amide bonds. The van der Waals surface area contributed by atoms with Crippen LogP contribution in [0.25, 0.3) is 0 Å². The molecule has 2 heteroatoms. The van der Waals surface area contributed by atoms with Crippen molar-refractivity contribution in [1.29, 1.82) is 0 Å². The Balaban J connectivity index is 1.70. The monoisotopic (exact) mass is 286 g/mol. The lowest BCUT2D eigenvalue weighted by Crippen LogP contribution is -2.49. The van der Waals surface area contributed by atoms with Crippen LogP contribution in [0.15, 0.2) is 24.3 Å². The first-order valence-electron chi connectivity index (χ1n) is 8.80. The van der Waals surface area contributed by atoms with Crippen LogP contribution in [-0.4, -0.2) is 24.7 Å². The molecule has 0 saturated carbocycles. The molecule has 2 nitrogen and oxygen atoms in total. The minimum absolute atomic E-state index is 0.625. The summed E-state index contributed by atoms with van der Waals surface area (Å²) < 4.78 is 0. The summed E-state index contributed by atoms with van der Waals surface area (Å²) in [5, 5.41) is 3.74. The predicted octanol–water partition coefficient (Wildman–Crippen LogP) is 4.31. The van der Waals surface area contributed by atoms with Crippen molar-refractivity contribution in [2.45, 2.75) is 76.9 Å². The molecular formula is C19H30N2. The number of anilines is 1. The zero-order valence-electron chi connectivity index (χ0n) is 13.8. The van der Waals surface area contributed by atoms with Crippen LogP contribution in [0.1, 0.15) is 64.4 Å². The van der Waals surface area contributed by atoms with Gasteiger partial charge in [0.2, 0.25) is 0 Å². The summed E-state index contributed by atoms with van der Waals surface area (Å²) in [5.41, 5.74) is 2.89. The number of piperidine rings is 1. The van der Waals surface area contributed by atoms with E-state index in [0.29, 0.717) is 5.92 Å². The summed E-state index contributed by atoms with van der Waals surface area (Å²) >= 11 is 0. The van der Waals surface area contributed by atoms with Crippen LogP contribution in [0, 0.1) is 0 Å². The Kier molecular flexibility index (Phi) is 4.54. The molecule has 1 aromatic carbocycles. The van der Waals surface area contributed by atoms with Gasteiger partial charge in [-0.15, -0.1) is 0 Å². The molecule has 3 rings (SSSR count). The smallest absolute Gasteiger partial charge is 0.0371 e. The molecular weight excluding hydrogens is 256 g/mol. The van der Waals surface area contributed by atoms with Gasteiger partial charge in [-0.05, 0) is 62.3 Å². The summed E-state index contributed by atoms with van der Waals surface area (Å²) in [7, 11) is 0. The van der Waals surface area contributed by atoms with Gasteiger partial charge in [0.05, 0.1) is 0 Å². The van der Waals surface area contributed by atoms with E-state index in [9.17, 15) is 0 Å². The second-order valence-corrected chi connectivity index (χ2v) is 7.16. The Morgan fingerprint density at radius 1 is 1.10 bits per heavy atom. The lowest BCUT2D eigenvalue weighted by molar-refractivity contribution is 0.357. The van der Waals surface area contributed by atoms with Crippen molar-refractivity contribution in [3.8, 4) is 0 Å². The molecule has 2 saturated heterocycles. The topological polar surface area (TPSA) is 15.3 Å². The third-order valence-corrected chi connectivity index (χ3v) is 5.27. The summed E-state index contributed by atoms with van der Waals surface area (Å²) in [6, 6.07) is 11.6. The Morgan fingerprint density at radius 2 is 1.71 bits per heavy atom. The van der Waals surface area contributed by atoms with Crippen LogP contribution in [-0.2, 0) is 0 Å². The number of nitrogens with zero attached hydrogens (tertiary/aromatic N) is 1. The van der Waals surface area contributed by atoms with Crippen molar-refractivity contribution in [3.05, 3.63) is 29.8 Å². The minimum Gasteiger partial charge on any atom is -0.365 e. The molecule has 116 valence electrons. The van der Waals surface area contributed by atoms with Crippen molar-refractivity contribution < 1.29 is 0 Å². The van der Waals surface area contributed by atoms with Gasteiger partial charge in [-0.3, -0.25) is 0 Å². The van der Waals surface area contributed by atoms with E-state index in [-0.39, 0.29) is 0 Å². The molecule has 2 unspecified atom stereocenters. The largest absolute Gasteiger partial charge is 0.365 e. The molecule has 1 aromatic rings. The number of rotatable bonds is 5. The molecule has 1 N–H and O–H groups in total. The second-order valence-electron chi connectivity index (χ2n) is 7.16. The zero-order valence-corrected chi connectivity index (χ0v) is 13.8. The molecule has 0 aromatic heterocycles. The van der Waals surface area contributed by atoms with Crippen LogP contribution in [0.2, 0.25) is 0 Å². The fourth-order valence-corrected chi connectivity index (χ4v) is 4.15. The third-order valence-electron chi connectivity index (χ3n) is 5.27. The molecule has 2 aliphatic rings. The zero-order chi connectivity index (χ0) is 14.8. The highest BCUT2D eigenvalue weighted by Crippen LogP contribution is 2.39. The number of benzene rings is 1. The highest BCUT2D eigenvalue weighted by Gasteiger charge is 2.40. The van der Waals surface area contributed by atoms with Crippen LogP contribution >= 0.6 is 0 Å². The van der Waals surface area contributed by atoms with Gasteiger partial charge in [0.1, 0.15) is 0 Å². The summed E-state index contributed by atoms with van der Waals surface area (Å²) in [5.74, 6) is 0.625. The van der Waals surface area contributed by atoms with E-state index in [4.69, 9.17) is 0 Å². The Hall–Kier alpha value is -1.02. The lowest BCUT2D eigenvalue weighted by Gasteiger charge is -2.41. The first kappa shape index (κ1) is 14.9. The van der Waals surface area contributed by atoms with E-state index in [0.717, 1.165) is 18.1 Å². The molecule has 2 heterocycles. The Bertz CT molecular complexity index is 437. The van der Waals surface area contributed by atoms with E-state index in [1.54, 1.807) is 0 Å². The lowest BCUT2D eigenvalue weighted by atomic mass is 9.95. The minimum atomic E-state index is 0.625. The molecule has 0 radical (unpaired) electrons. The maximum atomic E-state index is 3.74. The molecule has 2 bridgehead atoms. The van der Waals surface area contributed by atoms with Gasteiger partial charge in [0, 0.05) is 23.8 Å². The maximum absolute atomic E-state index is 3.74. The first-order valence-corrected chi connectivity index (χ1v) is 8.80. The van der Waals surface area contributed by atoms with Crippen molar-refractivity contribution >= 4 is 5.69 Å². The molecule has 21 heavy (non-hydrogen) atoms. The normalized spacial score (nSPS) is 28.4. The second kappa shape index (κ2) is 6.39. The summed E-state index contributed by atoms with van der Waals surface area (Å²) in [6.45, 7) is 7.97. The first-order chi connectivity index (χ1) is 10.2. The van der Waals surface area contributed by atoms with Gasteiger partial charge >= 0.3 is 0 Å². The summed E-state index contributed by atoms with van der Waals surface area (Å²) in [4.78, 5) is 2.72. The predicted molar refractivity (Wildman–Crippen MR) is 91.1 cm³/mol. The number of hydrogen-bond donors (Lipinski definition) is 1. The van der Waals surface area contributed by atoms with Crippen LogP contribution < -0.4 is 10.2 Å². The van der Waals surface area contributed by atoms with E-state index in [1.807, 2.05) is 0 Å². The number of nitrogens with one attached hydrogen (secondary N) is 1. The van der Waals surface area contributed by atoms with Crippen molar-refractivity contribution in [1.82, 2.24) is 5.32 Å². The van der Waals surface area contributed by atoms with Gasteiger partial charge in [0.25, 0.3) is 0 Å².